The van der Waals surface area contributed by atoms with Crippen LogP contribution in [0.4, 0.5) is 0 Å². The van der Waals surface area contributed by atoms with Gasteiger partial charge < -0.3 is 33.8 Å². The van der Waals surface area contributed by atoms with Gasteiger partial charge in [-0.05, 0) is 49.4 Å². The Labute approximate surface area is 575 Å². The predicted octanol–water partition coefficient (Wildman–Crippen LogP) is 21.7. The van der Waals surface area contributed by atoms with Crippen LogP contribution in [-0.2, 0) is 65.4 Å². The highest BCUT2D eigenvalue weighted by atomic mass is 31.2. The molecule has 0 aromatic carbocycles. The van der Waals surface area contributed by atoms with Crippen LogP contribution in [0.1, 0.15) is 376 Å². The predicted molar refractivity (Wildman–Crippen MR) is 381 cm³/mol. The van der Waals surface area contributed by atoms with Crippen LogP contribution in [0.25, 0.3) is 0 Å². The minimum Gasteiger partial charge on any atom is -0.462 e. The van der Waals surface area contributed by atoms with Crippen molar-refractivity contribution in [2.45, 2.75) is 395 Å². The first-order chi connectivity index (χ1) is 45.1. The Morgan fingerprint density at radius 1 is 0.298 bits per heavy atom. The molecule has 0 radical (unpaired) electrons. The number of carbonyl (C=O) groups is 4. The zero-order valence-corrected chi connectivity index (χ0v) is 63.4. The van der Waals surface area contributed by atoms with Crippen LogP contribution >= 0.6 is 15.6 Å². The van der Waals surface area contributed by atoms with Crippen LogP contribution < -0.4 is 0 Å². The summed E-state index contributed by atoms with van der Waals surface area (Å²) in [6, 6.07) is 0. The summed E-state index contributed by atoms with van der Waals surface area (Å²) in [6.45, 7) is 14.1. The Morgan fingerprint density at radius 2 is 0.511 bits per heavy atom. The topological polar surface area (TPSA) is 237 Å². The van der Waals surface area contributed by atoms with E-state index in [9.17, 15) is 43.2 Å². The number of aliphatic hydroxyl groups excluding tert-OH is 1. The lowest BCUT2D eigenvalue weighted by molar-refractivity contribution is -0.161. The van der Waals surface area contributed by atoms with Crippen molar-refractivity contribution in [1.82, 2.24) is 0 Å². The summed E-state index contributed by atoms with van der Waals surface area (Å²) in [5, 5.41) is 10.6. The number of carbonyl (C=O) groups excluding carboxylic acids is 4. The molecule has 0 heterocycles. The van der Waals surface area contributed by atoms with E-state index in [0.29, 0.717) is 31.6 Å². The van der Waals surface area contributed by atoms with Crippen molar-refractivity contribution in [3.05, 3.63) is 0 Å². The van der Waals surface area contributed by atoms with E-state index in [1.807, 2.05) is 0 Å². The van der Waals surface area contributed by atoms with Gasteiger partial charge in [-0.2, -0.15) is 0 Å². The van der Waals surface area contributed by atoms with E-state index in [1.54, 1.807) is 0 Å². The fourth-order valence-corrected chi connectivity index (χ4v) is 12.9. The third-order valence-corrected chi connectivity index (χ3v) is 19.6. The molecule has 6 atom stereocenters. The van der Waals surface area contributed by atoms with Crippen molar-refractivity contribution in [2.75, 3.05) is 39.6 Å². The van der Waals surface area contributed by atoms with Gasteiger partial charge in [-0.25, -0.2) is 9.13 Å². The third kappa shape index (κ3) is 67.3. The van der Waals surface area contributed by atoms with Gasteiger partial charge >= 0.3 is 39.5 Å². The van der Waals surface area contributed by atoms with Crippen molar-refractivity contribution < 1.29 is 80.2 Å². The number of aliphatic hydroxyl groups is 1. The molecule has 19 heteroatoms. The SMILES string of the molecule is CCC(C)CCCCCCCCCCCCCCCCCCCCC(=O)O[C@H](COC(=O)CCCCCCCCC(C)C)COP(=O)(O)OC[C@H](O)COP(=O)(O)OC[C@@H](COC(=O)CCCCCCCCCCC(C)C)OC(=O)CCCCCCCCCCCC(C)C. The van der Waals surface area contributed by atoms with Gasteiger partial charge in [-0.15, -0.1) is 0 Å². The number of unbranched alkanes of at least 4 members (excludes halogenated alkanes) is 37. The normalized spacial score (nSPS) is 14.4. The Morgan fingerprint density at radius 3 is 0.755 bits per heavy atom. The molecule has 3 N–H and O–H groups in total. The van der Waals surface area contributed by atoms with E-state index >= 15 is 0 Å². The number of phosphoric acid groups is 2. The Hall–Kier alpha value is -1.94. The summed E-state index contributed by atoms with van der Waals surface area (Å²) >= 11 is 0. The van der Waals surface area contributed by atoms with Crippen LogP contribution in [0.3, 0.4) is 0 Å². The number of esters is 4. The van der Waals surface area contributed by atoms with Crippen LogP contribution in [-0.4, -0.2) is 96.7 Å². The first-order valence-corrected chi connectivity index (χ1v) is 41.7. The summed E-state index contributed by atoms with van der Waals surface area (Å²) in [5.74, 6) is 0.886. The summed E-state index contributed by atoms with van der Waals surface area (Å²) in [7, 11) is -9.91. The van der Waals surface area contributed by atoms with Gasteiger partial charge in [0, 0.05) is 25.7 Å². The maximum absolute atomic E-state index is 13.0. The first-order valence-electron chi connectivity index (χ1n) is 38.7. The summed E-state index contributed by atoms with van der Waals surface area (Å²) in [4.78, 5) is 72.6. The van der Waals surface area contributed by atoms with Crippen molar-refractivity contribution >= 4 is 39.5 Å². The molecule has 0 fully saturated rings. The van der Waals surface area contributed by atoms with E-state index < -0.39 is 97.5 Å². The average Bonchev–Trinajstić information content (AvgIpc) is 1.42. The minimum absolute atomic E-state index is 0.104. The van der Waals surface area contributed by atoms with E-state index in [1.165, 1.54) is 173 Å². The van der Waals surface area contributed by atoms with Crippen molar-refractivity contribution in [2.24, 2.45) is 23.7 Å². The summed E-state index contributed by atoms with van der Waals surface area (Å²) < 4.78 is 68.4. The number of hydrogen-bond acceptors (Lipinski definition) is 15. The molecule has 17 nitrogen and oxygen atoms in total. The van der Waals surface area contributed by atoms with Gasteiger partial charge in [-0.3, -0.25) is 37.3 Å². The molecule has 0 bridgehead atoms. The van der Waals surface area contributed by atoms with Gasteiger partial charge in [-0.1, -0.05) is 325 Å². The first kappa shape index (κ1) is 92.1. The van der Waals surface area contributed by atoms with Crippen molar-refractivity contribution in [3.63, 3.8) is 0 Å². The fourth-order valence-electron chi connectivity index (χ4n) is 11.3. The molecule has 94 heavy (non-hydrogen) atoms. The molecule has 0 amide bonds. The molecular weight excluding hydrogens is 1230 g/mol. The molecular formula is C75H146O17P2. The van der Waals surface area contributed by atoms with Gasteiger partial charge in [0.2, 0.25) is 0 Å². The van der Waals surface area contributed by atoms with Crippen LogP contribution in [0.5, 0.6) is 0 Å². The molecule has 0 saturated carbocycles. The second-order valence-corrected chi connectivity index (χ2v) is 31.6. The monoisotopic (exact) mass is 1380 g/mol. The smallest absolute Gasteiger partial charge is 0.462 e. The minimum atomic E-state index is -4.95. The lowest BCUT2D eigenvalue weighted by Crippen LogP contribution is -2.30. The largest absolute Gasteiger partial charge is 0.472 e. The highest BCUT2D eigenvalue weighted by Crippen LogP contribution is 2.45. The van der Waals surface area contributed by atoms with E-state index in [0.717, 1.165) is 114 Å². The van der Waals surface area contributed by atoms with Crippen LogP contribution in [0.2, 0.25) is 0 Å². The summed E-state index contributed by atoms with van der Waals surface area (Å²) in [6.07, 6.45) is 48.9. The zero-order chi connectivity index (χ0) is 69.6. The Bertz CT molecular complexity index is 1850. The fraction of sp³-hybridized carbons (Fsp3) is 0.947. The number of rotatable bonds is 72. The molecule has 0 aromatic rings. The summed E-state index contributed by atoms with van der Waals surface area (Å²) in [5.41, 5.74) is 0. The third-order valence-electron chi connectivity index (χ3n) is 17.7. The van der Waals surface area contributed by atoms with Gasteiger partial charge in [0.05, 0.1) is 26.4 Å². The molecule has 0 aromatic heterocycles. The molecule has 0 aliphatic rings. The molecule has 0 rings (SSSR count). The maximum Gasteiger partial charge on any atom is 0.472 e. The van der Waals surface area contributed by atoms with E-state index in [2.05, 4.69) is 55.4 Å². The lowest BCUT2D eigenvalue weighted by atomic mass is 9.99. The molecule has 558 valence electrons. The molecule has 0 aliphatic carbocycles. The molecule has 3 unspecified atom stereocenters. The highest BCUT2D eigenvalue weighted by Gasteiger charge is 2.30. The second kappa shape index (κ2) is 64.4. The van der Waals surface area contributed by atoms with Gasteiger partial charge in [0.25, 0.3) is 0 Å². The van der Waals surface area contributed by atoms with Crippen molar-refractivity contribution in [1.29, 1.82) is 0 Å². The van der Waals surface area contributed by atoms with E-state index in [4.69, 9.17) is 37.0 Å². The molecule has 0 saturated heterocycles. The number of hydrogen-bond donors (Lipinski definition) is 3. The zero-order valence-electron chi connectivity index (χ0n) is 61.6. The number of ether oxygens (including phenoxy) is 4. The average molecular weight is 1380 g/mol. The maximum atomic E-state index is 13.0. The van der Waals surface area contributed by atoms with Gasteiger partial charge in [0.1, 0.15) is 19.3 Å². The van der Waals surface area contributed by atoms with Crippen LogP contribution in [0, 0.1) is 23.7 Å². The Balaban J connectivity index is 5.15. The number of phosphoric ester groups is 2. The highest BCUT2D eigenvalue weighted by molar-refractivity contribution is 7.47. The standard InChI is InChI=1S/C75H146O17P2/c1-9-68(8)54-46-38-29-22-18-16-14-12-10-11-13-15-17-19-23-31-41-49-57-74(79)92-71(62-86-73(78)56-48-40-34-33-37-45-53-67(6)7)64-90-94(83,84)88-60-69(76)59-87-93(81,82)89-63-70(61-85-72(77)55-47-39-30-26-25-28-36-44-52-66(4)5)91-75(80)58-50-42-32-24-20-21-27-35-43-51-65(2)3/h65-71,76H,9-64H2,1-8H3,(H,81,82)(H,83,84)/t68?,69-,70-,71-/m1/s1. The molecule has 0 spiro atoms. The van der Waals surface area contributed by atoms with Crippen molar-refractivity contribution in [3.8, 4) is 0 Å². The second-order valence-electron chi connectivity index (χ2n) is 28.7. The Kier molecular flexibility index (Phi) is 63.1. The quantitative estimate of drug-likeness (QED) is 0.0222. The van der Waals surface area contributed by atoms with E-state index in [-0.39, 0.29) is 25.7 Å². The lowest BCUT2D eigenvalue weighted by Gasteiger charge is -2.21. The van der Waals surface area contributed by atoms with Crippen LogP contribution in [0.15, 0.2) is 0 Å². The molecule has 0 aliphatic heterocycles. The van der Waals surface area contributed by atoms with Gasteiger partial charge in [0.15, 0.2) is 12.2 Å².